The number of sulfone groups is 1. The lowest BCUT2D eigenvalue weighted by Gasteiger charge is -2.41. The molecule has 166 valence electrons. The van der Waals surface area contributed by atoms with Gasteiger partial charge in [0.25, 0.3) is 0 Å². The summed E-state index contributed by atoms with van der Waals surface area (Å²) in [6, 6.07) is 20.6. The van der Waals surface area contributed by atoms with Crippen molar-refractivity contribution in [2.24, 2.45) is 0 Å². The Hall–Kier alpha value is -2.70. The van der Waals surface area contributed by atoms with E-state index in [0.29, 0.717) is 0 Å². The first-order valence-electron chi connectivity index (χ1n) is 11.3. The van der Waals surface area contributed by atoms with Crippen LogP contribution in [0.2, 0.25) is 0 Å². The molecule has 1 atom stereocenters. The molecule has 5 rings (SSSR count). The fourth-order valence-corrected chi connectivity index (χ4v) is 7.34. The van der Waals surface area contributed by atoms with Gasteiger partial charge in [-0.1, -0.05) is 37.3 Å². The van der Waals surface area contributed by atoms with E-state index in [1.54, 1.807) is 0 Å². The lowest BCUT2D eigenvalue weighted by Crippen LogP contribution is -2.52. The molecular formula is C26H29N3O2S. The maximum atomic E-state index is 13.2. The molecule has 3 heterocycles. The van der Waals surface area contributed by atoms with Crippen molar-refractivity contribution in [2.75, 3.05) is 24.2 Å². The van der Waals surface area contributed by atoms with Crippen LogP contribution in [-0.2, 0) is 21.7 Å². The molecule has 32 heavy (non-hydrogen) atoms. The first kappa shape index (κ1) is 21.2. The molecule has 1 spiro atoms. The zero-order chi connectivity index (χ0) is 22.3. The Morgan fingerprint density at radius 2 is 1.75 bits per heavy atom. The number of hydrogen-bond donors (Lipinski definition) is 1. The molecule has 3 aromatic rings. The summed E-state index contributed by atoms with van der Waals surface area (Å²) >= 11 is 0. The Balaban J connectivity index is 1.61. The number of piperidine rings is 1. The summed E-state index contributed by atoms with van der Waals surface area (Å²) in [5.74, 6) is 0. The molecule has 0 amide bonds. The van der Waals surface area contributed by atoms with Crippen LogP contribution in [0.1, 0.15) is 31.0 Å². The van der Waals surface area contributed by atoms with Crippen molar-refractivity contribution < 1.29 is 8.42 Å². The summed E-state index contributed by atoms with van der Waals surface area (Å²) in [5.41, 5.74) is 5.97. The molecule has 5 nitrogen and oxygen atoms in total. The van der Waals surface area contributed by atoms with Crippen LogP contribution in [0.3, 0.4) is 0 Å². The van der Waals surface area contributed by atoms with E-state index in [-0.39, 0.29) is 0 Å². The number of nitrogens with one attached hydrogen (secondary N) is 1. The number of para-hydroxylation sites is 1. The van der Waals surface area contributed by atoms with Gasteiger partial charge in [-0.2, -0.15) is 0 Å². The van der Waals surface area contributed by atoms with Crippen LogP contribution < -0.4 is 10.2 Å². The van der Waals surface area contributed by atoms with E-state index in [2.05, 4.69) is 64.6 Å². The van der Waals surface area contributed by atoms with E-state index in [1.807, 2.05) is 24.4 Å². The maximum Gasteiger partial charge on any atom is 0.169 e. The van der Waals surface area contributed by atoms with Gasteiger partial charge in [-0.3, -0.25) is 4.98 Å². The van der Waals surface area contributed by atoms with E-state index >= 15 is 0 Å². The van der Waals surface area contributed by atoms with Gasteiger partial charge < -0.3 is 10.2 Å². The number of anilines is 2. The number of aromatic nitrogens is 1. The van der Waals surface area contributed by atoms with Crippen LogP contribution in [0.4, 0.5) is 11.4 Å². The first-order valence-corrected chi connectivity index (χ1v) is 13.2. The van der Waals surface area contributed by atoms with Gasteiger partial charge in [-0.15, -0.1) is 0 Å². The lowest BCUT2D eigenvalue weighted by atomic mass is 9.74. The average Bonchev–Trinajstić information content (AvgIpc) is 3.10. The SMILES string of the molecule is CCc1cc(-c2ccc(N3c4ccccc4C4(CCNCC4)C3S(C)(=O)=O)cc2)ccn1. The zero-order valence-corrected chi connectivity index (χ0v) is 19.4. The molecule has 1 aromatic heterocycles. The van der Waals surface area contributed by atoms with Crippen molar-refractivity contribution in [3.05, 3.63) is 78.1 Å². The van der Waals surface area contributed by atoms with Crippen LogP contribution in [0.25, 0.3) is 11.1 Å². The summed E-state index contributed by atoms with van der Waals surface area (Å²) in [4.78, 5) is 6.45. The fraction of sp³-hybridized carbons (Fsp3) is 0.346. The van der Waals surface area contributed by atoms with E-state index in [1.165, 1.54) is 6.26 Å². The highest BCUT2D eigenvalue weighted by molar-refractivity contribution is 7.91. The quantitative estimate of drug-likeness (QED) is 0.640. The van der Waals surface area contributed by atoms with E-state index in [9.17, 15) is 8.42 Å². The van der Waals surface area contributed by atoms with Crippen LogP contribution in [0.15, 0.2) is 66.9 Å². The third-order valence-electron chi connectivity index (χ3n) is 6.97. The van der Waals surface area contributed by atoms with Crippen LogP contribution >= 0.6 is 0 Å². The van der Waals surface area contributed by atoms with Gasteiger partial charge in [0.05, 0.1) is 0 Å². The van der Waals surface area contributed by atoms with E-state index in [0.717, 1.165) is 66.1 Å². The topological polar surface area (TPSA) is 62.3 Å². The monoisotopic (exact) mass is 447 g/mol. The second kappa shape index (κ2) is 8.01. The zero-order valence-electron chi connectivity index (χ0n) is 18.6. The predicted octanol–water partition coefficient (Wildman–Crippen LogP) is 4.45. The van der Waals surface area contributed by atoms with Gasteiger partial charge in [0, 0.05) is 34.9 Å². The number of fused-ring (bicyclic) bond motifs is 2. The molecular weight excluding hydrogens is 418 g/mol. The summed E-state index contributed by atoms with van der Waals surface area (Å²) < 4.78 is 26.5. The van der Waals surface area contributed by atoms with Crippen LogP contribution in [0.5, 0.6) is 0 Å². The average molecular weight is 448 g/mol. The number of aryl methyl sites for hydroxylation is 1. The molecule has 1 fully saturated rings. The summed E-state index contributed by atoms with van der Waals surface area (Å²) in [6.45, 7) is 3.76. The highest BCUT2D eigenvalue weighted by Gasteiger charge is 2.56. The largest absolute Gasteiger partial charge is 0.323 e. The van der Waals surface area contributed by atoms with Crippen molar-refractivity contribution in [1.82, 2.24) is 10.3 Å². The van der Waals surface area contributed by atoms with Crippen molar-refractivity contribution in [3.63, 3.8) is 0 Å². The Morgan fingerprint density at radius 3 is 2.44 bits per heavy atom. The van der Waals surface area contributed by atoms with E-state index in [4.69, 9.17) is 0 Å². The minimum atomic E-state index is -3.36. The predicted molar refractivity (Wildman–Crippen MR) is 130 cm³/mol. The van der Waals surface area contributed by atoms with E-state index < -0.39 is 20.6 Å². The molecule has 1 N–H and O–H groups in total. The first-order chi connectivity index (χ1) is 15.4. The molecule has 6 heteroatoms. The number of nitrogens with zero attached hydrogens (tertiary/aromatic N) is 2. The Labute approximate surface area is 190 Å². The maximum absolute atomic E-state index is 13.2. The second-order valence-electron chi connectivity index (χ2n) is 8.91. The smallest absolute Gasteiger partial charge is 0.169 e. The van der Waals surface area contributed by atoms with Gasteiger partial charge in [-0.25, -0.2) is 8.42 Å². The number of benzene rings is 2. The number of hydrogen-bond acceptors (Lipinski definition) is 5. The van der Waals surface area contributed by atoms with Crippen molar-refractivity contribution in [3.8, 4) is 11.1 Å². The molecule has 0 bridgehead atoms. The van der Waals surface area contributed by atoms with Crippen molar-refractivity contribution >= 4 is 21.2 Å². The molecule has 1 unspecified atom stereocenters. The minimum absolute atomic E-state index is 0.394. The molecule has 2 aliphatic heterocycles. The summed E-state index contributed by atoms with van der Waals surface area (Å²) in [5, 5.41) is 2.81. The van der Waals surface area contributed by atoms with Crippen LogP contribution in [0, 0.1) is 0 Å². The summed E-state index contributed by atoms with van der Waals surface area (Å²) in [6.07, 6.45) is 5.75. The molecule has 2 aliphatic rings. The van der Waals surface area contributed by atoms with Crippen LogP contribution in [-0.4, -0.2) is 38.1 Å². The van der Waals surface area contributed by atoms with Crippen molar-refractivity contribution in [2.45, 2.75) is 37.0 Å². The van der Waals surface area contributed by atoms with Crippen molar-refractivity contribution in [1.29, 1.82) is 0 Å². The molecule has 2 aromatic carbocycles. The molecule has 1 saturated heterocycles. The minimum Gasteiger partial charge on any atom is -0.323 e. The standard InChI is InChI=1S/C26H29N3O2S/c1-3-21-18-20(12-15-28-21)19-8-10-22(11-9-19)29-24-7-5-4-6-23(24)26(13-16-27-17-14-26)25(29)32(2,30)31/h4-12,15,18,25,27H,3,13-14,16-17H2,1-2H3. The van der Waals surface area contributed by atoms with Gasteiger partial charge >= 0.3 is 0 Å². The Kier molecular flexibility index (Phi) is 5.30. The van der Waals surface area contributed by atoms with Gasteiger partial charge in [-0.05, 0) is 79.4 Å². The number of pyridine rings is 1. The lowest BCUT2D eigenvalue weighted by molar-refractivity contribution is 0.308. The fourth-order valence-electron chi connectivity index (χ4n) is 5.54. The molecule has 0 radical (unpaired) electrons. The highest BCUT2D eigenvalue weighted by Crippen LogP contribution is 2.54. The third kappa shape index (κ3) is 3.42. The van der Waals surface area contributed by atoms with Gasteiger partial charge in [0.1, 0.15) is 5.37 Å². The van der Waals surface area contributed by atoms with Gasteiger partial charge in [0.15, 0.2) is 9.84 Å². The Morgan fingerprint density at radius 1 is 1.03 bits per heavy atom. The normalized spacial score (nSPS) is 19.8. The van der Waals surface area contributed by atoms with Gasteiger partial charge in [0.2, 0.25) is 0 Å². The second-order valence-corrected chi connectivity index (χ2v) is 11.0. The third-order valence-corrected chi connectivity index (χ3v) is 8.44. The molecule has 0 saturated carbocycles. The summed E-state index contributed by atoms with van der Waals surface area (Å²) in [7, 11) is -3.36. The Bertz CT molecular complexity index is 1230. The molecule has 0 aliphatic carbocycles. The highest BCUT2D eigenvalue weighted by atomic mass is 32.2. The number of rotatable bonds is 4.